The van der Waals surface area contributed by atoms with Crippen LogP contribution in [-0.2, 0) is 13.6 Å². The van der Waals surface area contributed by atoms with Gasteiger partial charge in [-0.3, -0.25) is 14.5 Å². The van der Waals surface area contributed by atoms with Gasteiger partial charge in [-0.1, -0.05) is 11.8 Å². The highest BCUT2D eigenvalue weighted by Crippen LogP contribution is 2.30. The average molecular weight is 475 g/mol. The van der Waals surface area contributed by atoms with Gasteiger partial charge in [0.1, 0.15) is 17.2 Å². The number of carbonyl (C=O) groups excluding carboxylic acids is 1. The van der Waals surface area contributed by atoms with Gasteiger partial charge in [-0.25, -0.2) is 9.37 Å². The summed E-state index contributed by atoms with van der Waals surface area (Å²) in [5, 5.41) is 15.5. The van der Waals surface area contributed by atoms with Gasteiger partial charge in [-0.05, 0) is 51.5 Å². The van der Waals surface area contributed by atoms with Gasteiger partial charge in [0.2, 0.25) is 0 Å². The van der Waals surface area contributed by atoms with E-state index < -0.39 is 11.4 Å². The van der Waals surface area contributed by atoms with Crippen LogP contribution in [-0.4, -0.2) is 47.8 Å². The Bertz CT molecular complexity index is 1520. The molecule has 35 heavy (non-hydrogen) atoms. The third-order valence-electron chi connectivity index (χ3n) is 5.72. The summed E-state index contributed by atoms with van der Waals surface area (Å²) in [6, 6.07) is 4.88. The van der Waals surface area contributed by atoms with Crippen molar-refractivity contribution in [1.29, 1.82) is 0 Å². The van der Waals surface area contributed by atoms with Crippen LogP contribution < -0.4 is 5.73 Å². The van der Waals surface area contributed by atoms with Crippen molar-refractivity contribution in [1.82, 2.24) is 24.6 Å². The Hall–Kier alpha value is -4.03. The summed E-state index contributed by atoms with van der Waals surface area (Å²) in [4.78, 5) is 23.7. The van der Waals surface area contributed by atoms with Crippen LogP contribution in [0, 0.1) is 24.6 Å². The molecule has 3 heterocycles. The van der Waals surface area contributed by atoms with Gasteiger partial charge in [0.05, 0.1) is 34.9 Å². The van der Waals surface area contributed by atoms with Crippen LogP contribution in [0.2, 0.25) is 0 Å². The molecule has 4 rings (SSSR count). The van der Waals surface area contributed by atoms with Crippen LogP contribution >= 0.6 is 0 Å². The second-order valence-electron chi connectivity index (χ2n) is 8.99. The fourth-order valence-electron chi connectivity index (χ4n) is 3.89. The number of aliphatic hydroxyl groups is 1. The molecule has 0 spiro atoms. The Morgan fingerprint density at radius 1 is 1.26 bits per heavy atom. The van der Waals surface area contributed by atoms with Crippen molar-refractivity contribution in [3.05, 3.63) is 58.8 Å². The maximum Gasteiger partial charge on any atom is 0.254 e. The quantitative estimate of drug-likeness (QED) is 0.439. The molecule has 9 heteroatoms. The molecule has 0 atom stereocenters. The van der Waals surface area contributed by atoms with Crippen LogP contribution in [0.1, 0.15) is 48.0 Å². The highest BCUT2D eigenvalue weighted by molar-refractivity contribution is 6.10. The van der Waals surface area contributed by atoms with Crippen LogP contribution in [0.4, 0.5) is 10.2 Å². The first kappa shape index (κ1) is 24.1. The molecule has 1 amide bonds. The van der Waals surface area contributed by atoms with Crippen LogP contribution in [0.25, 0.3) is 21.8 Å². The normalized spacial score (nSPS) is 11.5. The molecule has 0 saturated heterocycles. The zero-order valence-corrected chi connectivity index (χ0v) is 20.3. The lowest BCUT2D eigenvalue weighted by atomic mass is 10.0. The van der Waals surface area contributed by atoms with E-state index in [1.54, 1.807) is 30.8 Å². The molecule has 0 aliphatic rings. The van der Waals surface area contributed by atoms with Crippen molar-refractivity contribution in [2.24, 2.45) is 7.05 Å². The summed E-state index contributed by atoms with van der Waals surface area (Å²) < 4.78 is 16.5. The second-order valence-corrected chi connectivity index (χ2v) is 8.99. The SMILES string of the molecule is CCN(Cc1ncc(C#CC(C)(C)O)cc1F)C(=O)c1cc2c(cc1C)nc(N)c1cnn(C)c12. The molecule has 180 valence electrons. The first-order chi connectivity index (χ1) is 16.5. The number of rotatable bonds is 4. The van der Waals surface area contributed by atoms with E-state index in [2.05, 4.69) is 26.9 Å². The van der Waals surface area contributed by atoms with E-state index in [-0.39, 0.29) is 18.1 Å². The number of aromatic nitrogens is 4. The maximum absolute atomic E-state index is 14.8. The number of pyridine rings is 2. The molecule has 0 aliphatic carbocycles. The molecule has 0 fully saturated rings. The molecule has 0 radical (unpaired) electrons. The van der Waals surface area contributed by atoms with Crippen molar-refractivity contribution < 1.29 is 14.3 Å². The molecule has 4 aromatic rings. The van der Waals surface area contributed by atoms with E-state index in [0.29, 0.717) is 34.4 Å². The van der Waals surface area contributed by atoms with Crippen molar-refractivity contribution in [2.45, 2.75) is 39.8 Å². The van der Waals surface area contributed by atoms with Gasteiger partial charge in [0.25, 0.3) is 5.91 Å². The van der Waals surface area contributed by atoms with Crippen LogP contribution in [0.15, 0.2) is 30.6 Å². The van der Waals surface area contributed by atoms with Gasteiger partial charge in [-0.2, -0.15) is 5.10 Å². The lowest BCUT2D eigenvalue weighted by Gasteiger charge is -2.22. The number of benzene rings is 1. The van der Waals surface area contributed by atoms with Crippen molar-refractivity contribution >= 4 is 33.5 Å². The highest BCUT2D eigenvalue weighted by Gasteiger charge is 2.21. The van der Waals surface area contributed by atoms with Crippen molar-refractivity contribution in [3.8, 4) is 11.8 Å². The van der Waals surface area contributed by atoms with Gasteiger partial charge in [0, 0.05) is 36.3 Å². The van der Waals surface area contributed by atoms with Gasteiger partial charge in [-0.15, -0.1) is 0 Å². The minimum absolute atomic E-state index is 0.00104. The predicted molar refractivity (Wildman–Crippen MR) is 133 cm³/mol. The first-order valence-corrected chi connectivity index (χ1v) is 11.2. The van der Waals surface area contributed by atoms with E-state index in [4.69, 9.17) is 5.73 Å². The minimum Gasteiger partial charge on any atom is -0.383 e. The molecule has 0 saturated carbocycles. The Kier molecular flexibility index (Phi) is 6.17. The average Bonchev–Trinajstić information content (AvgIpc) is 3.18. The van der Waals surface area contributed by atoms with E-state index in [9.17, 15) is 14.3 Å². The number of nitrogen functional groups attached to an aromatic ring is 1. The van der Waals surface area contributed by atoms with Crippen molar-refractivity contribution in [2.75, 3.05) is 12.3 Å². The molecule has 3 N–H and O–H groups in total. The molecular weight excluding hydrogens is 447 g/mol. The Labute approximate surface area is 202 Å². The largest absolute Gasteiger partial charge is 0.383 e. The van der Waals surface area contributed by atoms with Crippen molar-refractivity contribution in [3.63, 3.8) is 0 Å². The monoisotopic (exact) mass is 474 g/mol. The van der Waals surface area contributed by atoms with E-state index in [1.165, 1.54) is 17.2 Å². The third-order valence-corrected chi connectivity index (χ3v) is 5.72. The number of aryl methyl sites for hydroxylation is 2. The summed E-state index contributed by atoms with van der Waals surface area (Å²) >= 11 is 0. The van der Waals surface area contributed by atoms with E-state index in [1.807, 2.05) is 27.0 Å². The summed E-state index contributed by atoms with van der Waals surface area (Å²) in [6.07, 6.45) is 3.09. The summed E-state index contributed by atoms with van der Waals surface area (Å²) in [5.41, 5.74) is 8.08. The maximum atomic E-state index is 14.8. The third kappa shape index (κ3) is 4.79. The fraction of sp³-hybridized carbons (Fsp3) is 0.308. The number of halogens is 1. The molecule has 1 aromatic carbocycles. The number of fused-ring (bicyclic) bond motifs is 3. The van der Waals surface area contributed by atoms with Gasteiger partial charge < -0.3 is 15.7 Å². The van der Waals surface area contributed by atoms with Gasteiger partial charge in [0.15, 0.2) is 0 Å². The first-order valence-electron chi connectivity index (χ1n) is 11.2. The zero-order chi connectivity index (χ0) is 25.5. The summed E-state index contributed by atoms with van der Waals surface area (Å²) in [7, 11) is 1.81. The minimum atomic E-state index is -1.19. The Balaban J connectivity index is 1.68. The second kappa shape index (κ2) is 8.96. The van der Waals surface area contributed by atoms with Crippen LogP contribution in [0.5, 0.6) is 0 Å². The topological polar surface area (TPSA) is 110 Å². The smallest absolute Gasteiger partial charge is 0.254 e. The summed E-state index contributed by atoms with van der Waals surface area (Å²) in [5.74, 6) is 4.91. The standard InChI is InChI=1S/C26H27FN6O2/c1-6-33(14-22-20(27)10-16(12-29-22)7-8-26(3,4)35)25(34)17-11-18-21(9-15(17)2)31-24(28)19-13-30-32(5)23(18)19/h9-13,35H,6,14H2,1-5H3,(H2,28,31). The van der Waals surface area contributed by atoms with Crippen LogP contribution in [0.3, 0.4) is 0 Å². The molecule has 0 unspecified atom stereocenters. The number of anilines is 1. The number of carbonyl (C=O) groups is 1. The van der Waals surface area contributed by atoms with E-state index in [0.717, 1.165) is 16.5 Å². The molecule has 0 aliphatic heterocycles. The number of nitrogens with zero attached hydrogens (tertiary/aromatic N) is 5. The molecule has 0 bridgehead atoms. The Morgan fingerprint density at radius 2 is 2.00 bits per heavy atom. The summed E-state index contributed by atoms with van der Waals surface area (Å²) in [6.45, 7) is 7.11. The number of amides is 1. The predicted octanol–water partition coefficient (Wildman–Crippen LogP) is 3.33. The van der Waals surface area contributed by atoms with Gasteiger partial charge >= 0.3 is 0 Å². The number of nitrogens with two attached hydrogens (primary N) is 1. The molecular formula is C26H27FN6O2. The fourth-order valence-corrected chi connectivity index (χ4v) is 3.89. The number of hydrogen-bond donors (Lipinski definition) is 2. The van der Waals surface area contributed by atoms with E-state index >= 15 is 0 Å². The number of hydrogen-bond acceptors (Lipinski definition) is 6. The zero-order valence-electron chi connectivity index (χ0n) is 20.3. The highest BCUT2D eigenvalue weighted by atomic mass is 19.1. The lowest BCUT2D eigenvalue weighted by Crippen LogP contribution is -2.31. The Morgan fingerprint density at radius 3 is 2.66 bits per heavy atom. The lowest BCUT2D eigenvalue weighted by molar-refractivity contribution is 0.0748. The molecule has 3 aromatic heterocycles. The molecule has 8 nitrogen and oxygen atoms in total.